The van der Waals surface area contributed by atoms with E-state index in [-0.39, 0.29) is 0 Å². The number of halogens is 3. The number of rotatable bonds is 4. The first-order valence-corrected chi connectivity index (χ1v) is 4.35. The van der Waals surface area contributed by atoms with Gasteiger partial charge in [-0.25, -0.2) is 8.78 Å². The van der Waals surface area contributed by atoms with Crippen molar-refractivity contribution < 1.29 is 32.6 Å². The average molecular weight is 248 g/mol. The first-order valence-electron chi connectivity index (χ1n) is 4.35. The number of carbonyl (C=O) groups is 2. The topological polar surface area (TPSA) is 63.6 Å². The van der Waals surface area contributed by atoms with E-state index in [1.165, 1.54) is 0 Å². The van der Waals surface area contributed by atoms with Crippen molar-refractivity contribution in [3.05, 3.63) is 29.1 Å². The number of carboxylic acids is 1. The number of benzene rings is 1. The van der Waals surface area contributed by atoms with Gasteiger partial charge in [-0.05, 0) is 6.07 Å². The van der Waals surface area contributed by atoms with E-state index >= 15 is 0 Å². The van der Waals surface area contributed by atoms with Crippen LogP contribution in [0.3, 0.4) is 0 Å². The minimum atomic E-state index is -1.88. The van der Waals surface area contributed by atoms with Crippen LogP contribution in [-0.4, -0.2) is 24.0 Å². The number of carboxylic acid groups (broad SMARTS) is 1. The summed E-state index contributed by atoms with van der Waals surface area (Å²) in [5, 5.41) is 8.34. The normalized spacial score (nSPS) is 10.1. The summed E-state index contributed by atoms with van der Waals surface area (Å²) in [5.41, 5.74) is -0.858. The van der Waals surface area contributed by atoms with Crippen LogP contribution in [0.1, 0.15) is 16.8 Å². The van der Waals surface area contributed by atoms with Crippen molar-refractivity contribution in [3.8, 4) is 5.75 Å². The molecule has 1 rings (SSSR count). The van der Waals surface area contributed by atoms with Gasteiger partial charge in [0.25, 0.3) is 0 Å². The molecular formula is C10H7F3O4. The van der Waals surface area contributed by atoms with Crippen LogP contribution in [0.25, 0.3) is 0 Å². The van der Waals surface area contributed by atoms with E-state index in [4.69, 9.17) is 5.11 Å². The second-order valence-electron chi connectivity index (χ2n) is 3.06. The van der Waals surface area contributed by atoms with Crippen LogP contribution in [0.2, 0.25) is 0 Å². The summed E-state index contributed by atoms with van der Waals surface area (Å²) in [6, 6.07) is 0.624. The molecule has 0 spiro atoms. The van der Waals surface area contributed by atoms with Gasteiger partial charge in [0.1, 0.15) is 6.42 Å². The van der Waals surface area contributed by atoms with Crippen LogP contribution in [0.5, 0.6) is 5.75 Å². The number of methoxy groups -OCH3 is 1. The zero-order valence-electron chi connectivity index (χ0n) is 8.59. The van der Waals surface area contributed by atoms with Crippen molar-refractivity contribution in [1.82, 2.24) is 0 Å². The van der Waals surface area contributed by atoms with Gasteiger partial charge in [-0.1, -0.05) is 0 Å². The third-order valence-electron chi connectivity index (χ3n) is 1.95. The molecule has 0 bridgehead atoms. The number of carbonyl (C=O) groups excluding carboxylic acids is 1. The zero-order valence-corrected chi connectivity index (χ0v) is 8.59. The van der Waals surface area contributed by atoms with Crippen molar-refractivity contribution >= 4 is 11.8 Å². The Morgan fingerprint density at radius 1 is 1.24 bits per heavy atom. The standard InChI is InChI=1S/C10H7F3O4/c1-17-6-2-4(5(14)3-7(15)16)8(11)10(13)9(6)12/h2H,3H2,1H3,(H,15,16). The number of aliphatic carboxylic acids is 1. The SMILES string of the molecule is COc1cc(C(=O)CC(=O)O)c(F)c(F)c1F. The smallest absolute Gasteiger partial charge is 0.311 e. The van der Waals surface area contributed by atoms with Crippen LogP contribution < -0.4 is 4.74 Å². The Labute approximate surface area is 93.6 Å². The van der Waals surface area contributed by atoms with Crippen molar-refractivity contribution in [2.24, 2.45) is 0 Å². The molecule has 0 aliphatic rings. The molecule has 17 heavy (non-hydrogen) atoms. The van der Waals surface area contributed by atoms with Gasteiger partial charge in [0, 0.05) is 0 Å². The predicted octanol–water partition coefficient (Wildman–Crippen LogP) is 1.77. The highest BCUT2D eigenvalue weighted by molar-refractivity contribution is 6.05. The molecule has 1 aromatic rings. The average Bonchev–Trinajstić information content (AvgIpc) is 2.25. The molecule has 1 aromatic carbocycles. The monoisotopic (exact) mass is 248 g/mol. The van der Waals surface area contributed by atoms with Crippen LogP contribution in [0, 0.1) is 17.5 Å². The lowest BCUT2D eigenvalue weighted by atomic mass is 10.1. The third-order valence-corrected chi connectivity index (χ3v) is 1.95. The molecule has 0 radical (unpaired) electrons. The molecule has 4 nitrogen and oxygen atoms in total. The molecule has 92 valence electrons. The van der Waals surface area contributed by atoms with Gasteiger partial charge in [-0.3, -0.25) is 9.59 Å². The molecule has 0 unspecified atom stereocenters. The number of Topliss-reactive ketones (excluding diaryl/α,β-unsaturated/α-hetero) is 1. The van der Waals surface area contributed by atoms with Crippen LogP contribution in [0.15, 0.2) is 6.07 Å². The van der Waals surface area contributed by atoms with Gasteiger partial charge >= 0.3 is 5.97 Å². The predicted molar refractivity (Wildman–Crippen MR) is 49.5 cm³/mol. The molecule has 0 aliphatic heterocycles. The summed E-state index contributed by atoms with van der Waals surface area (Å²) < 4.78 is 43.6. The van der Waals surface area contributed by atoms with Crippen molar-refractivity contribution in [2.75, 3.05) is 7.11 Å². The summed E-state index contributed by atoms with van der Waals surface area (Å²) in [6.07, 6.45) is -1.02. The highest BCUT2D eigenvalue weighted by Gasteiger charge is 2.24. The summed E-state index contributed by atoms with van der Waals surface area (Å²) >= 11 is 0. The molecule has 0 aromatic heterocycles. The molecule has 0 fully saturated rings. The molecule has 0 amide bonds. The Bertz CT molecular complexity index is 485. The maximum absolute atomic E-state index is 13.2. The Kier molecular flexibility index (Phi) is 3.72. The number of hydrogen-bond donors (Lipinski definition) is 1. The number of hydrogen-bond acceptors (Lipinski definition) is 3. The first kappa shape index (κ1) is 13.0. The van der Waals surface area contributed by atoms with Gasteiger partial charge in [0.15, 0.2) is 23.2 Å². The van der Waals surface area contributed by atoms with Crippen molar-refractivity contribution in [2.45, 2.75) is 6.42 Å². The van der Waals surface area contributed by atoms with E-state index in [2.05, 4.69) is 4.74 Å². The molecule has 0 saturated carbocycles. The van der Waals surface area contributed by atoms with Gasteiger partial charge < -0.3 is 9.84 Å². The first-order chi connectivity index (χ1) is 7.88. The Hall–Kier alpha value is -2.05. The summed E-state index contributed by atoms with van der Waals surface area (Å²) in [7, 11) is 1.00. The Morgan fingerprint density at radius 3 is 2.29 bits per heavy atom. The fourth-order valence-corrected chi connectivity index (χ4v) is 1.16. The maximum Gasteiger partial charge on any atom is 0.311 e. The summed E-state index contributed by atoms with van der Waals surface area (Å²) in [6.45, 7) is 0. The molecule has 0 aliphatic carbocycles. The van der Waals surface area contributed by atoms with E-state index in [9.17, 15) is 22.8 Å². The van der Waals surface area contributed by atoms with Gasteiger partial charge in [0.2, 0.25) is 5.82 Å². The Morgan fingerprint density at radius 2 is 1.82 bits per heavy atom. The number of ketones is 1. The van der Waals surface area contributed by atoms with E-state index in [0.29, 0.717) is 6.07 Å². The fourth-order valence-electron chi connectivity index (χ4n) is 1.16. The van der Waals surface area contributed by atoms with Gasteiger partial charge in [-0.15, -0.1) is 0 Å². The highest BCUT2D eigenvalue weighted by Crippen LogP contribution is 2.26. The van der Waals surface area contributed by atoms with Crippen LogP contribution in [0.4, 0.5) is 13.2 Å². The van der Waals surface area contributed by atoms with E-state index < -0.39 is 46.9 Å². The summed E-state index contributed by atoms with van der Waals surface area (Å²) in [4.78, 5) is 21.5. The second-order valence-corrected chi connectivity index (χ2v) is 3.06. The lowest BCUT2D eigenvalue weighted by Crippen LogP contribution is -2.11. The van der Waals surface area contributed by atoms with Crippen molar-refractivity contribution in [1.29, 1.82) is 0 Å². The second kappa shape index (κ2) is 4.86. The molecule has 0 heterocycles. The zero-order chi connectivity index (χ0) is 13.2. The maximum atomic E-state index is 13.2. The quantitative estimate of drug-likeness (QED) is 0.501. The van der Waals surface area contributed by atoms with E-state index in [1.54, 1.807) is 0 Å². The minimum Gasteiger partial charge on any atom is -0.494 e. The highest BCUT2D eigenvalue weighted by atomic mass is 19.2. The lowest BCUT2D eigenvalue weighted by molar-refractivity contribution is -0.135. The van der Waals surface area contributed by atoms with Crippen LogP contribution in [-0.2, 0) is 4.79 Å². The van der Waals surface area contributed by atoms with E-state index in [1.807, 2.05) is 0 Å². The van der Waals surface area contributed by atoms with Crippen molar-refractivity contribution in [3.63, 3.8) is 0 Å². The van der Waals surface area contributed by atoms with Gasteiger partial charge in [-0.2, -0.15) is 4.39 Å². The fraction of sp³-hybridized carbons (Fsp3) is 0.200. The minimum absolute atomic E-state index is 0.624. The largest absolute Gasteiger partial charge is 0.494 e. The molecule has 0 atom stereocenters. The molecule has 1 N–H and O–H groups in total. The lowest BCUT2D eigenvalue weighted by Gasteiger charge is -2.07. The molecular weight excluding hydrogens is 241 g/mol. The van der Waals surface area contributed by atoms with Crippen LogP contribution >= 0.6 is 0 Å². The number of ether oxygens (including phenoxy) is 1. The Balaban J connectivity index is 3.29. The summed E-state index contributed by atoms with van der Waals surface area (Å²) in [5.74, 6) is -8.52. The molecule has 7 heteroatoms. The molecule has 0 saturated heterocycles. The van der Waals surface area contributed by atoms with Gasteiger partial charge in [0.05, 0.1) is 12.7 Å². The third kappa shape index (κ3) is 2.55. The van der Waals surface area contributed by atoms with E-state index in [0.717, 1.165) is 7.11 Å².